The molecular formula is C10H8ClN5O3. The molecule has 98 valence electrons. The van der Waals surface area contributed by atoms with E-state index in [0.717, 1.165) is 6.20 Å². The number of nitrogens with zero attached hydrogens (tertiary/aromatic N) is 4. The van der Waals surface area contributed by atoms with E-state index in [1.165, 1.54) is 18.5 Å². The first-order valence-corrected chi connectivity index (χ1v) is 5.45. The first-order chi connectivity index (χ1) is 9.10. The Kier molecular flexibility index (Phi) is 3.71. The Morgan fingerprint density at radius 2 is 2.21 bits per heavy atom. The molecule has 1 N–H and O–H groups in total. The Morgan fingerprint density at radius 3 is 2.84 bits per heavy atom. The SMILES string of the molecule is CNc1ncc([N+](=O)[O-])c(Oc2cncc(Cl)c2)n1. The molecule has 0 unspecified atom stereocenters. The monoisotopic (exact) mass is 281 g/mol. The van der Waals surface area contributed by atoms with Crippen LogP contribution in [0.15, 0.2) is 24.7 Å². The fourth-order valence-electron chi connectivity index (χ4n) is 1.24. The molecule has 0 spiro atoms. The van der Waals surface area contributed by atoms with Crippen LogP contribution in [0.1, 0.15) is 0 Å². The summed E-state index contributed by atoms with van der Waals surface area (Å²) in [6, 6.07) is 1.47. The highest BCUT2D eigenvalue weighted by Gasteiger charge is 2.19. The minimum absolute atomic E-state index is 0.187. The lowest BCUT2D eigenvalue weighted by Crippen LogP contribution is -2.02. The summed E-state index contributed by atoms with van der Waals surface area (Å²) in [6.07, 6.45) is 3.85. The van der Waals surface area contributed by atoms with E-state index in [0.29, 0.717) is 5.02 Å². The molecule has 2 heterocycles. The molecule has 0 fully saturated rings. The van der Waals surface area contributed by atoms with E-state index in [4.69, 9.17) is 16.3 Å². The number of rotatable bonds is 4. The average molecular weight is 282 g/mol. The summed E-state index contributed by atoms with van der Waals surface area (Å²) in [6.45, 7) is 0. The van der Waals surface area contributed by atoms with Gasteiger partial charge in [0.1, 0.15) is 11.9 Å². The molecule has 0 saturated heterocycles. The van der Waals surface area contributed by atoms with Crippen LogP contribution in [0.4, 0.5) is 11.6 Å². The number of pyridine rings is 1. The number of halogens is 1. The van der Waals surface area contributed by atoms with Crippen LogP contribution in [0.5, 0.6) is 11.6 Å². The third-order valence-corrected chi connectivity index (χ3v) is 2.26. The van der Waals surface area contributed by atoms with Crippen molar-refractivity contribution in [1.29, 1.82) is 0 Å². The Hall–Kier alpha value is -2.48. The Bertz CT molecular complexity index is 622. The Morgan fingerprint density at radius 1 is 1.42 bits per heavy atom. The zero-order chi connectivity index (χ0) is 13.8. The van der Waals surface area contributed by atoms with Crippen LogP contribution < -0.4 is 10.1 Å². The maximum Gasteiger partial charge on any atom is 0.349 e. The lowest BCUT2D eigenvalue weighted by Gasteiger charge is -2.06. The van der Waals surface area contributed by atoms with Gasteiger partial charge in [-0.25, -0.2) is 4.98 Å². The van der Waals surface area contributed by atoms with E-state index < -0.39 is 4.92 Å². The maximum atomic E-state index is 10.9. The molecule has 0 aromatic carbocycles. The van der Waals surface area contributed by atoms with E-state index in [1.807, 2.05) is 0 Å². The third-order valence-electron chi connectivity index (χ3n) is 2.05. The number of anilines is 1. The summed E-state index contributed by atoms with van der Waals surface area (Å²) in [7, 11) is 1.59. The Balaban J connectivity index is 2.39. The van der Waals surface area contributed by atoms with E-state index in [1.54, 1.807) is 7.05 Å². The molecule has 19 heavy (non-hydrogen) atoms. The van der Waals surface area contributed by atoms with Crippen LogP contribution >= 0.6 is 11.6 Å². The highest BCUT2D eigenvalue weighted by atomic mass is 35.5. The number of hydrogen-bond acceptors (Lipinski definition) is 7. The van der Waals surface area contributed by atoms with Gasteiger partial charge in [0, 0.05) is 19.3 Å². The van der Waals surface area contributed by atoms with Gasteiger partial charge in [0.05, 0.1) is 16.1 Å². The quantitative estimate of drug-likeness (QED) is 0.677. The molecule has 8 nitrogen and oxygen atoms in total. The lowest BCUT2D eigenvalue weighted by molar-refractivity contribution is -0.386. The van der Waals surface area contributed by atoms with Crippen LogP contribution in [-0.4, -0.2) is 26.9 Å². The molecular weight excluding hydrogens is 274 g/mol. The lowest BCUT2D eigenvalue weighted by atomic mass is 10.4. The summed E-state index contributed by atoms with van der Waals surface area (Å²) in [5.41, 5.74) is -0.348. The van der Waals surface area contributed by atoms with Crippen molar-refractivity contribution in [3.05, 3.63) is 39.8 Å². The third kappa shape index (κ3) is 3.05. The van der Waals surface area contributed by atoms with Gasteiger partial charge >= 0.3 is 11.6 Å². The zero-order valence-electron chi connectivity index (χ0n) is 9.70. The fraction of sp³-hybridized carbons (Fsp3) is 0.100. The van der Waals surface area contributed by atoms with Crippen molar-refractivity contribution in [3.63, 3.8) is 0 Å². The van der Waals surface area contributed by atoms with E-state index in [-0.39, 0.29) is 23.3 Å². The van der Waals surface area contributed by atoms with Gasteiger partial charge in [0.25, 0.3) is 0 Å². The standard InChI is InChI=1S/C10H8ClN5O3/c1-12-10-14-5-8(16(17)18)9(15-10)19-7-2-6(11)3-13-4-7/h2-5H,1H3,(H,12,14,15). The van der Waals surface area contributed by atoms with Crippen LogP contribution in [0, 0.1) is 10.1 Å². The van der Waals surface area contributed by atoms with Crippen LogP contribution in [0.25, 0.3) is 0 Å². The number of ether oxygens (including phenoxy) is 1. The highest BCUT2D eigenvalue weighted by molar-refractivity contribution is 6.30. The fourth-order valence-corrected chi connectivity index (χ4v) is 1.40. The van der Waals surface area contributed by atoms with Crippen molar-refractivity contribution < 1.29 is 9.66 Å². The van der Waals surface area contributed by atoms with Gasteiger partial charge in [-0.15, -0.1) is 0 Å². The van der Waals surface area contributed by atoms with Crippen molar-refractivity contribution in [1.82, 2.24) is 15.0 Å². The smallest absolute Gasteiger partial charge is 0.349 e. The van der Waals surface area contributed by atoms with Gasteiger partial charge in [-0.1, -0.05) is 11.6 Å². The largest absolute Gasteiger partial charge is 0.432 e. The van der Waals surface area contributed by atoms with Gasteiger partial charge in [0.15, 0.2) is 0 Å². The molecule has 0 atom stereocenters. The zero-order valence-corrected chi connectivity index (χ0v) is 10.5. The van der Waals surface area contributed by atoms with Gasteiger partial charge in [-0.3, -0.25) is 15.1 Å². The molecule has 2 aromatic rings. The molecule has 0 aliphatic heterocycles. The second-order valence-corrected chi connectivity index (χ2v) is 3.77. The summed E-state index contributed by atoms with van der Waals surface area (Å²) >= 11 is 5.75. The first kappa shape index (κ1) is 13.0. The predicted octanol–water partition coefficient (Wildman–Crippen LogP) is 2.27. The molecule has 2 rings (SSSR count). The van der Waals surface area contributed by atoms with E-state index in [2.05, 4.69) is 20.3 Å². The van der Waals surface area contributed by atoms with Gasteiger partial charge in [-0.2, -0.15) is 4.98 Å². The van der Waals surface area contributed by atoms with Gasteiger partial charge in [0.2, 0.25) is 5.95 Å². The average Bonchev–Trinajstić information content (AvgIpc) is 2.38. The van der Waals surface area contributed by atoms with Gasteiger partial charge < -0.3 is 10.1 Å². The van der Waals surface area contributed by atoms with Crippen LogP contribution in [-0.2, 0) is 0 Å². The van der Waals surface area contributed by atoms with Crippen LogP contribution in [0.2, 0.25) is 5.02 Å². The molecule has 0 aliphatic carbocycles. The molecule has 2 aromatic heterocycles. The second kappa shape index (κ2) is 5.44. The molecule has 0 amide bonds. The van der Waals surface area contributed by atoms with Gasteiger partial charge in [-0.05, 0) is 0 Å². The van der Waals surface area contributed by atoms with Crippen molar-refractivity contribution in [2.75, 3.05) is 12.4 Å². The molecule has 0 radical (unpaired) electrons. The second-order valence-electron chi connectivity index (χ2n) is 3.33. The number of hydrogen-bond donors (Lipinski definition) is 1. The number of nitro groups is 1. The number of nitrogens with one attached hydrogen (secondary N) is 1. The minimum atomic E-state index is -0.632. The Labute approximate surface area is 112 Å². The normalized spacial score (nSPS) is 10.0. The highest BCUT2D eigenvalue weighted by Crippen LogP contribution is 2.29. The van der Waals surface area contributed by atoms with Crippen molar-refractivity contribution in [3.8, 4) is 11.6 Å². The van der Waals surface area contributed by atoms with Crippen molar-refractivity contribution in [2.24, 2.45) is 0 Å². The molecule has 9 heteroatoms. The predicted molar refractivity (Wildman–Crippen MR) is 67.6 cm³/mol. The summed E-state index contributed by atoms with van der Waals surface area (Å²) in [4.78, 5) is 21.7. The van der Waals surface area contributed by atoms with Crippen LogP contribution in [0.3, 0.4) is 0 Å². The summed E-state index contributed by atoms with van der Waals surface area (Å²) in [5.74, 6) is 0.264. The van der Waals surface area contributed by atoms with Crippen molar-refractivity contribution >= 4 is 23.2 Å². The summed E-state index contributed by atoms with van der Waals surface area (Å²) in [5, 5.41) is 13.9. The summed E-state index contributed by atoms with van der Waals surface area (Å²) < 4.78 is 5.31. The molecule has 0 saturated carbocycles. The topological polar surface area (TPSA) is 103 Å². The molecule has 0 aliphatic rings. The first-order valence-electron chi connectivity index (χ1n) is 5.07. The maximum absolute atomic E-state index is 10.9. The molecule has 0 bridgehead atoms. The van der Waals surface area contributed by atoms with E-state index in [9.17, 15) is 10.1 Å². The van der Waals surface area contributed by atoms with Crippen molar-refractivity contribution in [2.45, 2.75) is 0 Å². The minimum Gasteiger partial charge on any atom is -0.432 e. The van der Waals surface area contributed by atoms with E-state index >= 15 is 0 Å². The number of aromatic nitrogens is 3.